The normalized spacial score (nSPS) is 13.7. The Morgan fingerprint density at radius 2 is 1.85 bits per heavy atom. The number of nitrogens with zero attached hydrogens (tertiary/aromatic N) is 2. The van der Waals surface area contributed by atoms with Gasteiger partial charge in [0.2, 0.25) is 0 Å². The molecule has 6 heteroatoms. The van der Waals surface area contributed by atoms with Crippen molar-refractivity contribution in [3.8, 4) is 22.8 Å². The molecule has 0 bridgehead atoms. The van der Waals surface area contributed by atoms with Crippen LogP contribution in [0.4, 0.5) is 0 Å². The molecule has 1 aromatic heterocycles. The van der Waals surface area contributed by atoms with E-state index in [1.165, 1.54) is 12.1 Å². The molecule has 0 saturated carbocycles. The summed E-state index contributed by atoms with van der Waals surface area (Å²) in [6.07, 6.45) is 1.45. The monoisotopic (exact) mass is 363 g/mol. The smallest absolute Gasteiger partial charge is 0.253 e. The molecule has 2 N–H and O–H groups in total. The Bertz CT molecular complexity index is 963. The first kappa shape index (κ1) is 17.1. The minimum absolute atomic E-state index is 0.0213. The maximum absolute atomic E-state index is 12.8. The van der Waals surface area contributed by atoms with Gasteiger partial charge < -0.3 is 14.7 Å². The fraction of sp³-hybridized carbons (Fsp3) is 0.238. The number of aromatic hydroxyl groups is 1. The van der Waals surface area contributed by atoms with Gasteiger partial charge >= 0.3 is 0 Å². The van der Waals surface area contributed by atoms with Crippen molar-refractivity contribution in [1.82, 2.24) is 15.1 Å². The second-order valence-corrected chi connectivity index (χ2v) is 6.57. The van der Waals surface area contributed by atoms with Crippen LogP contribution in [0.5, 0.6) is 11.5 Å². The van der Waals surface area contributed by atoms with E-state index in [-0.39, 0.29) is 11.7 Å². The number of methoxy groups -OCH3 is 1. The molecule has 0 unspecified atom stereocenters. The number of carbonyl (C=O) groups excluding carboxylic acids is 1. The van der Waals surface area contributed by atoms with Crippen LogP contribution in [0, 0.1) is 0 Å². The van der Waals surface area contributed by atoms with Crippen molar-refractivity contribution in [3.05, 3.63) is 65.4 Å². The van der Waals surface area contributed by atoms with E-state index in [9.17, 15) is 9.90 Å². The first-order valence-corrected chi connectivity index (χ1v) is 8.95. The van der Waals surface area contributed by atoms with E-state index >= 15 is 0 Å². The Morgan fingerprint density at radius 3 is 2.63 bits per heavy atom. The molecule has 2 aromatic carbocycles. The van der Waals surface area contributed by atoms with E-state index in [0.717, 1.165) is 41.1 Å². The lowest BCUT2D eigenvalue weighted by Gasteiger charge is -2.20. The van der Waals surface area contributed by atoms with Crippen LogP contribution in [-0.4, -0.2) is 46.3 Å². The van der Waals surface area contributed by atoms with Gasteiger partial charge in [-0.1, -0.05) is 12.1 Å². The zero-order valence-electron chi connectivity index (χ0n) is 15.1. The third-order valence-corrected chi connectivity index (χ3v) is 4.98. The van der Waals surface area contributed by atoms with Gasteiger partial charge in [-0.05, 0) is 42.8 Å². The lowest BCUT2D eigenvalue weighted by Crippen LogP contribution is -2.33. The van der Waals surface area contributed by atoms with E-state index in [0.29, 0.717) is 18.7 Å². The largest absolute Gasteiger partial charge is 0.508 e. The van der Waals surface area contributed by atoms with Gasteiger partial charge in [0.05, 0.1) is 12.8 Å². The van der Waals surface area contributed by atoms with E-state index in [4.69, 9.17) is 4.74 Å². The molecule has 0 spiro atoms. The average molecular weight is 363 g/mol. The molecule has 0 fully saturated rings. The standard InChI is InChI=1S/C21H21N3O3/c1-27-19-5-3-2-4-17(19)20-16-10-12-24(13-11-18(16)22-23-20)21(26)14-6-8-15(25)9-7-14/h2-9,25H,10-13H2,1H3,(H,22,23). The zero-order valence-corrected chi connectivity index (χ0v) is 15.1. The molecule has 138 valence electrons. The number of ether oxygens (including phenoxy) is 1. The molecule has 6 nitrogen and oxygen atoms in total. The summed E-state index contributed by atoms with van der Waals surface area (Å²) in [5.74, 6) is 0.921. The summed E-state index contributed by atoms with van der Waals surface area (Å²) in [6, 6.07) is 14.2. The van der Waals surface area contributed by atoms with Crippen molar-refractivity contribution < 1.29 is 14.6 Å². The van der Waals surface area contributed by atoms with E-state index in [1.807, 2.05) is 29.2 Å². The van der Waals surface area contributed by atoms with Gasteiger partial charge in [0, 0.05) is 41.9 Å². The zero-order chi connectivity index (χ0) is 18.8. The Labute approximate surface area is 157 Å². The predicted molar refractivity (Wildman–Crippen MR) is 102 cm³/mol. The maximum atomic E-state index is 12.8. The fourth-order valence-corrected chi connectivity index (χ4v) is 3.54. The van der Waals surface area contributed by atoms with Gasteiger partial charge in [0.1, 0.15) is 11.5 Å². The van der Waals surface area contributed by atoms with Crippen molar-refractivity contribution in [2.45, 2.75) is 12.8 Å². The summed E-state index contributed by atoms with van der Waals surface area (Å²) in [4.78, 5) is 14.6. The number of para-hydroxylation sites is 1. The van der Waals surface area contributed by atoms with Crippen LogP contribution in [0.25, 0.3) is 11.3 Å². The third-order valence-electron chi connectivity index (χ3n) is 4.98. The highest BCUT2D eigenvalue weighted by Gasteiger charge is 2.24. The Hall–Kier alpha value is -3.28. The summed E-state index contributed by atoms with van der Waals surface area (Å²) in [5, 5.41) is 17.1. The molecule has 2 heterocycles. The summed E-state index contributed by atoms with van der Waals surface area (Å²) in [7, 11) is 1.65. The number of hydrogen-bond acceptors (Lipinski definition) is 4. The van der Waals surface area contributed by atoms with Crippen LogP contribution in [0.3, 0.4) is 0 Å². The van der Waals surface area contributed by atoms with Crippen molar-refractivity contribution in [3.63, 3.8) is 0 Å². The topological polar surface area (TPSA) is 78.5 Å². The lowest BCUT2D eigenvalue weighted by molar-refractivity contribution is 0.0762. The second-order valence-electron chi connectivity index (χ2n) is 6.57. The van der Waals surface area contributed by atoms with Crippen molar-refractivity contribution >= 4 is 5.91 Å². The van der Waals surface area contributed by atoms with Crippen molar-refractivity contribution in [2.75, 3.05) is 20.2 Å². The first-order chi connectivity index (χ1) is 13.2. The molecule has 1 aliphatic rings. The molecule has 4 rings (SSSR count). The minimum atomic E-state index is -0.0213. The van der Waals surface area contributed by atoms with Crippen LogP contribution >= 0.6 is 0 Å². The summed E-state index contributed by atoms with van der Waals surface area (Å²) < 4.78 is 5.48. The van der Waals surface area contributed by atoms with E-state index in [1.54, 1.807) is 19.2 Å². The first-order valence-electron chi connectivity index (χ1n) is 8.95. The van der Waals surface area contributed by atoms with Gasteiger partial charge in [-0.3, -0.25) is 9.89 Å². The molecular formula is C21H21N3O3. The Balaban J connectivity index is 1.58. The summed E-state index contributed by atoms with van der Waals surface area (Å²) in [5.41, 5.74) is 4.64. The molecule has 1 aliphatic heterocycles. The molecule has 27 heavy (non-hydrogen) atoms. The number of hydrogen-bond donors (Lipinski definition) is 2. The number of rotatable bonds is 3. The molecule has 3 aromatic rings. The number of phenolic OH excluding ortho intramolecular Hbond substituents is 1. The maximum Gasteiger partial charge on any atom is 0.253 e. The molecular weight excluding hydrogens is 342 g/mol. The average Bonchev–Trinajstić information content (AvgIpc) is 2.99. The van der Waals surface area contributed by atoms with Gasteiger partial charge in [0.15, 0.2) is 0 Å². The van der Waals surface area contributed by atoms with E-state index < -0.39 is 0 Å². The van der Waals surface area contributed by atoms with Crippen LogP contribution in [-0.2, 0) is 12.8 Å². The Morgan fingerprint density at radius 1 is 1.11 bits per heavy atom. The van der Waals surface area contributed by atoms with Crippen molar-refractivity contribution in [1.29, 1.82) is 0 Å². The van der Waals surface area contributed by atoms with Gasteiger partial charge in [-0.2, -0.15) is 5.10 Å². The van der Waals surface area contributed by atoms with Crippen LogP contribution in [0.2, 0.25) is 0 Å². The lowest BCUT2D eigenvalue weighted by atomic mass is 10.0. The number of phenols is 1. The highest BCUT2D eigenvalue weighted by Crippen LogP contribution is 2.33. The van der Waals surface area contributed by atoms with Gasteiger partial charge in [0.25, 0.3) is 5.91 Å². The van der Waals surface area contributed by atoms with Gasteiger partial charge in [-0.15, -0.1) is 0 Å². The fourth-order valence-electron chi connectivity index (χ4n) is 3.54. The van der Waals surface area contributed by atoms with Crippen LogP contribution in [0.15, 0.2) is 48.5 Å². The van der Waals surface area contributed by atoms with E-state index in [2.05, 4.69) is 10.2 Å². The number of fused-ring (bicyclic) bond motifs is 1. The second kappa shape index (κ2) is 7.15. The number of nitrogens with one attached hydrogen (secondary N) is 1. The molecule has 0 saturated heterocycles. The number of carbonyl (C=O) groups is 1. The van der Waals surface area contributed by atoms with Crippen molar-refractivity contribution in [2.24, 2.45) is 0 Å². The van der Waals surface area contributed by atoms with Crippen LogP contribution in [0.1, 0.15) is 21.6 Å². The number of benzene rings is 2. The number of aromatic amines is 1. The van der Waals surface area contributed by atoms with Crippen LogP contribution < -0.4 is 4.74 Å². The molecule has 1 amide bonds. The minimum Gasteiger partial charge on any atom is -0.508 e. The SMILES string of the molecule is COc1ccccc1-c1n[nH]c2c1CCN(C(=O)c1ccc(O)cc1)CC2. The summed E-state index contributed by atoms with van der Waals surface area (Å²) >= 11 is 0. The number of H-pyrrole nitrogens is 1. The predicted octanol–water partition coefficient (Wildman–Crippen LogP) is 3.03. The quantitative estimate of drug-likeness (QED) is 0.750. The summed E-state index contributed by atoms with van der Waals surface area (Å²) in [6.45, 7) is 1.24. The third kappa shape index (κ3) is 3.26. The molecule has 0 radical (unpaired) electrons. The molecule has 0 aliphatic carbocycles. The number of aromatic nitrogens is 2. The van der Waals surface area contributed by atoms with Gasteiger partial charge in [-0.25, -0.2) is 0 Å². The number of amides is 1. The Kier molecular flexibility index (Phi) is 4.54. The highest BCUT2D eigenvalue weighted by molar-refractivity contribution is 5.94. The molecule has 0 atom stereocenters. The highest BCUT2D eigenvalue weighted by atomic mass is 16.5.